The Bertz CT molecular complexity index is 577. The van der Waals surface area contributed by atoms with Gasteiger partial charge in [0.1, 0.15) is 12.0 Å². The SMILES string of the molecule is CC(C)C(O)N(C)c1cc(-c2cccnc2)nn1C(C)C. The molecule has 21 heavy (non-hydrogen) atoms. The van der Waals surface area contributed by atoms with Crippen LogP contribution in [0, 0.1) is 5.92 Å². The molecule has 2 aromatic heterocycles. The lowest BCUT2D eigenvalue weighted by Gasteiger charge is -2.29. The number of hydrogen-bond donors (Lipinski definition) is 1. The zero-order valence-electron chi connectivity index (χ0n) is 13.4. The van der Waals surface area contributed by atoms with Crippen molar-refractivity contribution in [3.05, 3.63) is 30.6 Å². The molecule has 5 nitrogen and oxygen atoms in total. The molecule has 1 atom stereocenters. The van der Waals surface area contributed by atoms with Crippen molar-refractivity contribution in [2.24, 2.45) is 5.92 Å². The van der Waals surface area contributed by atoms with E-state index in [1.54, 1.807) is 12.4 Å². The zero-order valence-corrected chi connectivity index (χ0v) is 13.4. The van der Waals surface area contributed by atoms with E-state index in [9.17, 15) is 5.11 Å². The lowest BCUT2D eigenvalue weighted by molar-refractivity contribution is 0.124. The van der Waals surface area contributed by atoms with Crippen LogP contribution in [0.25, 0.3) is 11.3 Å². The summed E-state index contributed by atoms with van der Waals surface area (Å²) in [6, 6.07) is 6.11. The quantitative estimate of drug-likeness (QED) is 0.859. The molecule has 2 rings (SSSR count). The van der Waals surface area contributed by atoms with Crippen LogP contribution in [0.4, 0.5) is 5.82 Å². The molecule has 0 saturated heterocycles. The highest BCUT2D eigenvalue weighted by atomic mass is 16.3. The van der Waals surface area contributed by atoms with Gasteiger partial charge in [0.2, 0.25) is 0 Å². The second-order valence-corrected chi connectivity index (χ2v) is 5.94. The molecule has 2 aromatic rings. The lowest BCUT2D eigenvalue weighted by Crippen LogP contribution is -2.37. The normalized spacial score (nSPS) is 13.0. The van der Waals surface area contributed by atoms with Crippen LogP contribution < -0.4 is 4.90 Å². The average Bonchev–Trinajstić information content (AvgIpc) is 2.92. The Labute approximate surface area is 126 Å². The summed E-state index contributed by atoms with van der Waals surface area (Å²) in [6.07, 6.45) is 3.01. The second-order valence-electron chi connectivity index (χ2n) is 5.94. The molecule has 0 aliphatic heterocycles. The first-order chi connectivity index (χ1) is 9.91. The number of aromatic nitrogens is 3. The van der Waals surface area contributed by atoms with Crippen molar-refractivity contribution >= 4 is 5.82 Å². The van der Waals surface area contributed by atoms with Crippen molar-refractivity contribution in [3.8, 4) is 11.3 Å². The van der Waals surface area contributed by atoms with Gasteiger partial charge in [-0.3, -0.25) is 4.98 Å². The Balaban J connectivity index is 2.43. The van der Waals surface area contributed by atoms with Gasteiger partial charge in [-0.05, 0) is 31.9 Å². The van der Waals surface area contributed by atoms with Gasteiger partial charge in [-0.2, -0.15) is 5.10 Å². The number of pyridine rings is 1. The van der Waals surface area contributed by atoms with Gasteiger partial charge in [0.05, 0.1) is 5.69 Å². The van der Waals surface area contributed by atoms with E-state index in [0.29, 0.717) is 0 Å². The summed E-state index contributed by atoms with van der Waals surface area (Å²) in [6.45, 7) is 8.16. The molecule has 0 radical (unpaired) electrons. The molecule has 1 N–H and O–H groups in total. The average molecular weight is 288 g/mol. The maximum Gasteiger partial charge on any atom is 0.130 e. The first-order valence-corrected chi connectivity index (χ1v) is 7.32. The van der Waals surface area contributed by atoms with Gasteiger partial charge >= 0.3 is 0 Å². The predicted octanol–water partition coefficient (Wildman–Crippen LogP) is 2.94. The van der Waals surface area contributed by atoms with E-state index in [1.165, 1.54) is 0 Å². The molecule has 0 bridgehead atoms. The third-order valence-corrected chi connectivity index (χ3v) is 3.52. The third kappa shape index (κ3) is 3.24. The molecule has 0 spiro atoms. The number of aliphatic hydroxyl groups excluding tert-OH is 1. The van der Waals surface area contributed by atoms with E-state index in [0.717, 1.165) is 17.1 Å². The van der Waals surface area contributed by atoms with Gasteiger partial charge in [-0.1, -0.05) is 13.8 Å². The molecule has 0 saturated carbocycles. The van der Waals surface area contributed by atoms with Gasteiger partial charge in [-0.15, -0.1) is 0 Å². The van der Waals surface area contributed by atoms with Gasteiger partial charge in [0.15, 0.2) is 0 Å². The van der Waals surface area contributed by atoms with Crippen LogP contribution in [0.3, 0.4) is 0 Å². The summed E-state index contributed by atoms with van der Waals surface area (Å²) in [7, 11) is 1.90. The molecule has 0 amide bonds. The predicted molar refractivity (Wildman–Crippen MR) is 85.1 cm³/mol. The molecule has 0 aliphatic carbocycles. The molecular formula is C16H24N4O. The van der Waals surface area contributed by atoms with E-state index in [4.69, 9.17) is 0 Å². The fourth-order valence-corrected chi connectivity index (χ4v) is 2.27. The highest BCUT2D eigenvalue weighted by Crippen LogP contribution is 2.27. The molecule has 0 aliphatic rings. The van der Waals surface area contributed by atoms with Crippen LogP contribution in [0.1, 0.15) is 33.7 Å². The third-order valence-electron chi connectivity index (χ3n) is 3.52. The van der Waals surface area contributed by atoms with Crippen LogP contribution in [0.5, 0.6) is 0 Å². The van der Waals surface area contributed by atoms with Crippen LogP contribution in [0.2, 0.25) is 0 Å². The Morgan fingerprint density at radius 1 is 1.24 bits per heavy atom. The number of hydrogen-bond acceptors (Lipinski definition) is 4. The Hall–Kier alpha value is -1.88. The standard InChI is InChI=1S/C16H24N4O/c1-11(2)16(21)19(5)15-9-14(18-20(15)12(3)4)13-7-6-8-17-10-13/h6-12,16,21H,1-5H3. The first kappa shape index (κ1) is 15.5. The number of rotatable bonds is 5. The van der Waals surface area contributed by atoms with Gasteiger partial charge in [-0.25, -0.2) is 4.68 Å². The molecular weight excluding hydrogens is 264 g/mol. The number of aliphatic hydroxyl groups is 1. The van der Waals surface area contributed by atoms with Gasteiger partial charge in [0.25, 0.3) is 0 Å². The van der Waals surface area contributed by atoms with Crippen LogP contribution >= 0.6 is 0 Å². The van der Waals surface area contributed by atoms with Crippen molar-refractivity contribution in [2.75, 3.05) is 11.9 Å². The van der Waals surface area contributed by atoms with E-state index in [2.05, 4.69) is 23.9 Å². The van der Waals surface area contributed by atoms with Gasteiger partial charge < -0.3 is 10.0 Å². The summed E-state index contributed by atoms with van der Waals surface area (Å²) >= 11 is 0. The minimum atomic E-state index is -0.541. The summed E-state index contributed by atoms with van der Waals surface area (Å²) in [5.41, 5.74) is 1.85. The van der Waals surface area contributed by atoms with Crippen LogP contribution in [-0.2, 0) is 0 Å². The monoisotopic (exact) mass is 288 g/mol. The Morgan fingerprint density at radius 2 is 1.95 bits per heavy atom. The zero-order chi connectivity index (χ0) is 15.6. The minimum Gasteiger partial charge on any atom is -0.373 e. The molecule has 5 heteroatoms. The maximum absolute atomic E-state index is 10.3. The van der Waals surface area contributed by atoms with Crippen molar-refractivity contribution in [2.45, 2.75) is 40.0 Å². The van der Waals surface area contributed by atoms with Crippen LogP contribution in [0.15, 0.2) is 30.6 Å². The summed E-state index contributed by atoms with van der Waals surface area (Å²) in [5.74, 6) is 1.05. The minimum absolute atomic E-state index is 0.146. The Kier molecular flexibility index (Phi) is 4.63. The number of nitrogens with zero attached hydrogens (tertiary/aromatic N) is 4. The molecule has 1 unspecified atom stereocenters. The largest absolute Gasteiger partial charge is 0.373 e. The second kappa shape index (κ2) is 6.26. The summed E-state index contributed by atoms with van der Waals surface area (Å²) < 4.78 is 1.94. The Morgan fingerprint density at radius 3 is 2.48 bits per heavy atom. The molecule has 2 heterocycles. The maximum atomic E-state index is 10.3. The molecule has 0 fully saturated rings. The highest BCUT2D eigenvalue weighted by molar-refractivity contribution is 5.62. The lowest BCUT2D eigenvalue weighted by atomic mass is 10.1. The topological polar surface area (TPSA) is 54.2 Å². The number of anilines is 1. The highest BCUT2D eigenvalue weighted by Gasteiger charge is 2.21. The van der Waals surface area contributed by atoms with Crippen molar-refractivity contribution < 1.29 is 5.11 Å². The molecule has 0 aromatic carbocycles. The van der Waals surface area contributed by atoms with Crippen molar-refractivity contribution in [1.29, 1.82) is 0 Å². The van der Waals surface area contributed by atoms with Crippen molar-refractivity contribution in [1.82, 2.24) is 14.8 Å². The van der Waals surface area contributed by atoms with Crippen molar-refractivity contribution in [3.63, 3.8) is 0 Å². The summed E-state index contributed by atoms with van der Waals surface area (Å²) in [4.78, 5) is 6.01. The van der Waals surface area contributed by atoms with Gasteiger partial charge in [0, 0.05) is 37.1 Å². The smallest absolute Gasteiger partial charge is 0.130 e. The first-order valence-electron chi connectivity index (χ1n) is 7.32. The molecule has 114 valence electrons. The van der Waals surface area contributed by atoms with E-state index in [-0.39, 0.29) is 12.0 Å². The fourth-order valence-electron chi connectivity index (χ4n) is 2.27. The van der Waals surface area contributed by atoms with E-state index < -0.39 is 6.23 Å². The summed E-state index contributed by atoms with van der Waals surface area (Å²) in [5, 5.41) is 15.0. The van der Waals surface area contributed by atoms with Crippen LogP contribution in [-0.4, -0.2) is 33.1 Å². The fraction of sp³-hybridized carbons (Fsp3) is 0.500. The van der Waals surface area contributed by atoms with E-state index in [1.807, 2.05) is 48.7 Å². The van der Waals surface area contributed by atoms with E-state index >= 15 is 0 Å².